The van der Waals surface area contributed by atoms with Crippen molar-refractivity contribution in [2.45, 2.75) is 26.7 Å². The molecule has 0 aliphatic heterocycles. The van der Waals surface area contributed by atoms with Crippen molar-refractivity contribution in [2.75, 3.05) is 25.0 Å². The highest BCUT2D eigenvalue weighted by atomic mass is 16.5. The molecule has 1 atom stereocenters. The highest BCUT2D eigenvalue weighted by Gasteiger charge is 2.01. The molecule has 0 saturated carbocycles. The van der Waals surface area contributed by atoms with Crippen molar-refractivity contribution in [1.29, 1.82) is 0 Å². The maximum atomic E-state index is 5.56. The molecular weight excluding hydrogens is 216 g/mol. The molecule has 0 saturated heterocycles. The van der Waals surface area contributed by atoms with Crippen LogP contribution >= 0.6 is 0 Å². The summed E-state index contributed by atoms with van der Waals surface area (Å²) in [5.41, 5.74) is 5.56. The molecular formula is C12H22N4O. The third kappa shape index (κ3) is 5.49. The van der Waals surface area contributed by atoms with Crippen molar-refractivity contribution in [3.63, 3.8) is 0 Å². The summed E-state index contributed by atoms with van der Waals surface area (Å²) in [6.45, 7) is 6.32. The Bertz CT molecular complexity index is 319. The van der Waals surface area contributed by atoms with Crippen molar-refractivity contribution < 1.29 is 4.74 Å². The van der Waals surface area contributed by atoms with E-state index in [1.165, 1.54) is 0 Å². The van der Waals surface area contributed by atoms with Crippen LogP contribution in [-0.4, -0.2) is 29.7 Å². The van der Waals surface area contributed by atoms with Crippen LogP contribution in [0.5, 0.6) is 5.88 Å². The molecule has 3 N–H and O–H groups in total. The molecule has 1 rings (SSSR count). The van der Waals surface area contributed by atoms with Gasteiger partial charge in [0.2, 0.25) is 11.8 Å². The van der Waals surface area contributed by atoms with E-state index < -0.39 is 0 Å². The third-order valence-electron chi connectivity index (χ3n) is 2.48. The van der Waals surface area contributed by atoms with Gasteiger partial charge in [-0.05, 0) is 32.2 Å². The summed E-state index contributed by atoms with van der Waals surface area (Å²) in [7, 11) is 0. The van der Waals surface area contributed by atoms with E-state index in [0.717, 1.165) is 25.9 Å². The van der Waals surface area contributed by atoms with E-state index >= 15 is 0 Å². The quantitative estimate of drug-likeness (QED) is 0.674. The molecule has 0 bridgehead atoms. The van der Waals surface area contributed by atoms with Crippen LogP contribution in [0.2, 0.25) is 0 Å². The molecule has 0 fully saturated rings. The molecule has 1 unspecified atom stereocenters. The van der Waals surface area contributed by atoms with E-state index in [9.17, 15) is 0 Å². The van der Waals surface area contributed by atoms with Crippen molar-refractivity contribution in [3.05, 3.63) is 12.3 Å². The van der Waals surface area contributed by atoms with Gasteiger partial charge < -0.3 is 15.8 Å². The molecule has 96 valence electrons. The number of ether oxygens (including phenoxy) is 1. The van der Waals surface area contributed by atoms with E-state index in [2.05, 4.69) is 22.2 Å². The highest BCUT2D eigenvalue weighted by Crippen LogP contribution is 2.09. The van der Waals surface area contributed by atoms with Gasteiger partial charge in [0.1, 0.15) is 0 Å². The van der Waals surface area contributed by atoms with Crippen LogP contribution in [0.15, 0.2) is 12.3 Å². The first-order chi connectivity index (χ1) is 8.26. The minimum Gasteiger partial charge on any atom is -0.478 e. The first kappa shape index (κ1) is 13.7. The minimum atomic E-state index is 0.576. The lowest BCUT2D eigenvalue weighted by molar-refractivity contribution is 0.326. The van der Waals surface area contributed by atoms with Crippen molar-refractivity contribution in [1.82, 2.24) is 9.97 Å². The topological polar surface area (TPSA) is 73.1 Å². The van der Waals surface area contributed by atoms with E-state index in [1.807, 2.05) is 6.92 Å². The van der Waals surface area contributed by atoms with Gasteiger partial charge in [0.05, 0.1) is 6.61 Å². The lowest BCUT2D eigenvalue weighted by Gasteiger charge is -2.09. The average Bonchev–Trinajstić information content (AvgIpc) is 2.35. The highest BCUT2D eigenvalue weighted by molar-refractivity contribution is 5.27. The molecule has 0 aliphatic rings. The maximum absolute atomic E-state index is 5.56. The molecule has 0 aliphatic carbocycles. The van der Waals surface area contributed by atoms with Gasteiger partial charge in [-0.15, -0.1) is 0 Å². The van der Waals surface area contributed by atoms with Crippen LogP contribution in [0.1, 0.15) is 26.7 Å². The normalized spacial score (nSPS) is 12.2. The fraction of sp³-hybridized carbons (Fsp3) is 0.667. The van der Waals surface area contributed by atoms with Crippen LogP contribution in [-0.2, 0) is 0 Å². The zero-order valence-corrected chi connectivity index (χ0v) is 10.6. The summed E-state index contributed by atoms with van der Waals surface area (Å²) >= 11 is 0. The Kier molecular flexibility index (Phi) is 6.32. The predicted octanol–water partition coefficient (Wildman–Crippen LogP) is 1.66. The van der Waals surface area contributed by atoms with Gasteiger partial charge in [-0.25, -0.2) is 4.98 Å². The number of nitrogens with zero attached hydrogens (tertiary/aromatic N) is 2. The lowest BCUT2D eigenvalue weighted by Crippen LogP contribution is -2.13. The molecule has 1 aromatic heterocycles. The Morgan fingerprint density at radius 1 is 1.53 bits per heavy atom. The van der Waals surface area contributed by atoms with E-state index in [4.69, 9.17) is 10.5 Å². The first-order valence-electron chi connectivity index (χ1n) is 6.16. The number of hydrogen-bond acceptors (Lipinski definition) is 5. The van der Waals surface area contributed by atoms with Crippen molar-refractivity contribution >= 4 is 5.95 Å². The number of anilines is 1. The van der Waals surface area contributed by atoms with Crippen LogP contribution < -0.4 is 15.8 Å². The summed E-state index contributed by atoms with van der Waals surface area (Å²) < 4.78 is 5.30. The molecule has 5 heteroatoms. The molecule has 17 heavy (non-hydrogen) atoms. The van der Waals surface area contributed by atoms with E-state index in [0.29, 0.717) is 24.4 Å². The van der Waals surface area contributed by atoms with Gasteiger partial charge in [-0.2, -0.15) is 4.98 Å². The van der Waals surface area contributed by atoms with Gasteiger partial charge in [-0.1, -0.05) is 6.92 Å². The van der Waals surface area contributed by atoms with Gasteiger partial charge in [0.15, 0.2) is 0 Å². The predicted molar refractivity (Wildman–Crippen MR) is 69.1 cm³/mol. The van der Waals surface area contributed by atoms with Crippen LogP contribution in [0.3, 0.4) is 0 Å². The van der Waals surface area contributed by atoms with Crippen LogP contribution in [0, 0.1) is 5.92 Å². The summed E-state index contributed by atoms with van der Waals surface area (Å²) in [4.78, 5) is 8.36. The Labute approximate surface area is 103 Å². The Morgan fingerprint density at radius 3 is 3.06 bits per heavy atom. The molecule has 1 aromatic rings. The van der Waals surface area contributed by atoms with Gasteiger partial charge in [-0.3, -0.25) is 0 Å². The van der Waals surface area contributed by atoms with E-state index in [1.54, 1.807) is 12.3 Å². The summed E-state index contributed by atoms with van der Waals surface area (Å²) in [5, 5.41) is 3.18. The fourth-order valence-corrected chi connectivity index (χ4v) is 1.42. The standard InChI is InChI=1S/C12H22N4O/c1-3-17-11-6-8-15-12(16-11)14-7-4-5-10(2)9-13/h6,8,10H,3-5,7,9,13H2,1-2H3,(H,14,15,16). The molecule has 0 amide bonds. The minimum absolute atomic E-state index is 0.576. The summed E-state index contributed by atoms with van der Waals surface area (Å²) in [5.74, 6) is 1.81. The maximum Gasteiger partial charge on any atom is 0.225 e. The third-order valence-corrected chi connectivity index (χ3v) is 2.48. The number of nitrogens with two attached hydrogens (primary N) is 1. The largest absolute Gasteiger partial charge is 0.478 e. The first-order valence-corrected chi connectivity index (χ1v) is 6.16. The molecule has 1 heterocycles. The molecule has 5 nitrogen and oxygen atoms in total. The SMILES string of the molecule is CCOc1ccnc(NCCCC(C)CN)n1. The number of rotatable bonds is 8. The Balaban J connectivity index is 2.28. The fourth-order valence-electron chi connectivity index (χ4n) is 1.42. The van der Waals surface area contributed by atoms with Crippen LogP contribution in [0.4, 0.5) is 5.95 Å². The summed E-state index contributed by atoms with van der Waals surface area (Å²) in [6.07, 6.45) is 3.89. The lowest BCUT2D eigenvalue weighted by atomic mass is 10.1. The second kappa shape index (κ2) is 7.84. The Hall–Kier alpha value is -1.36. The molecule has 0 radical (unpaired) electrons. The van der Waals surface area contributed by atoms with Gasteiger partial charge >= 0.3 is 0 Å². The molecule has 0 aromatic carbocycles. The zero-order chi connectivity index (χ0) is 12.5. The average molecular weight is 238 g/mol. The van der Waals surface area contributed by atoms with Crippen LogP contribution in [0.25, 0.3) is 0 Å². The number of aromatic nitrogens is 2. The Morgan fingerprint density at radius 2 is 2.35 bits per heavy atom. The second-order valence-electron chi connectivity index (χ2n) is 4.06. The van der Waals surface area contributed by atoms with Crippen molar-refractivity contribution in [2.24, 2.45) is 11.7 Å². The molecule has 0 spiro atoms. The number of nitrogens with one attached hydrogen (secondary N) is 1. The monoisotopic (exact) mass is 238 g/mol. The summed E-state index contributed by atoms with van der Waals surface area (Å²) in [6, 6.07) is 1.76. The van der Waals surface area contributed by atoms with Gasteiger partial charge in [0, 0.05) is 18.8 Å². The zero-order valence-electron chi connectivity index (χ0n) is 10.6. The van der Waals surface area contributed by atoms with E-state index in [-0.39, 0.29) is 0 Å². The smallest absolute Gasteiger partial charge is 0.225 e. The van der Waals surface area contributed by atoms with Crippen molar-refractivity contribution in [3.8, 4) is 5.88 Å². The number of hydrogen-bond donors (Lipinski definition) is 2. The van der Waals surface area contributed by atoms with Gasteiger partial charge in [0.25, 0.3) is 0 Å². The second-order valence-corrected chi connectivity index (χ2v) is 4.06.